The summed E-state index contributed by atoms with van der Waals surface area (Å²) < 4.78 is 0. The molecule has 0 radical (unpaired) electrons. The summed E-state index contributed by atoms with van der Waals surface area (Å²) in [7, 11) is 0. The van der Waals surface area contributed by atoms with Gasteiger partial charge >= 0.3 is 0 Å². The van der Waals surface area contributed by atoms with Crippen molar-refractivity contribution in [3.05, 3.63) is 12.2 Å². The van der Waals surface area contributed by atoms with Crippen LogP contribution >= 0.6 is 0 Å². The molecule has 1 amide bonds. The molecule has 1 saturated heterocycles. The van der Waals surface area contributed by atoms with Crippen LogP contribution in [-0.4, -0.2) is 12.5 Å². The molecule has 2 unspecified atom stereocenters. The fourth-order valence-corrected chi connectivity index (χ4v) is 1.73. The van der Waals surface area contributed by atoms with Crippen LogP contribution in [-0.2, 0) is 4.79 Å². The summed E-state index contributed by atoms with van der Waals surface area (Å²) in [5.41, 5.74) is 0. The smallest absolute Gasteiger partial charge is 0.223 e. The number of hydrogen-bond donors (Lipinski definition) is 1. The minimum absolute atomic E-state index is 0.242. The normalized spacial score (nSPS) is 26.2. The van der Waals surface area contributed by atoms with Gasteiger partial charge in [-0.2, -0.15) is 0 Å². The number of carbonyl (C=O) groups is 1. The van der Waals surface area contributed by atoms with Crippen LogP contribution in [0.5, 0.6) is 0 Å². The molecule has 0 spiro atoms. The zero-order chi connectivity index (χ0) is 8.97. The Morgan fingerprint density at radius 2 is 2.50 bits per heavy atom. The highest BCUT2D eigenvalue weighted by Crippen LogP contribution is 2.19. The van der Waals surface area contributed by atoms with E-state index in [4.69, 9.17) is 0 Å². The largest absolute Gasteiger partial charge is 0.356 e. The number of carbonyl (C=O) groups excluding carboxylic acids is 1. The predicted octanol–water partition coefficient (Wildman–Crippen LogP) is 1.72. The molecule has 0 bridgehead atoms. The minimum Gasteiger partial charge on any atom is -0.356 e. The van der Waals surface area contributed by atoms with Crippen molar-refractivity contribution < 1.29 is 4.79 Å². The Kier molecular flexibility index (Phi) is 3.32. The van der Waals surface area contributed by atoms with E-state index in [1.807, 2.05) is 6.92 Å². The highest BCUT2D eigenvalue weighted by Gasteiger charge is 2.24. The van der Waals surface area contributed by atoms with E-state index < -0.39 is 0 Å². The van der Waals surface area contributed by atoms with Gasteiger partial charge in [0.1, 0.15) is 0 Å². The molecule has 0 saturated carbocycles. The molecule has 2 atom stereocenters. The Bertz CT molecular complexity index is 186. The van der Waals surface area contributed by atoms with Gasteiger partial charge in [-0.3, -0.25) is 4.79 Å². The summed E-state index contributed by atoms with van der Waals surface area (Å²) in [6.07, 6.45) is 6.22. The van der Waals surface area contributed by atoms with E-state index in [0.29, 0.717) is 5.92 Å². The molecule has 0 aromatic rings. The van der Waals surface area contributed by atoms with Gasteiger partial charge in [0, 0.05) is 12.5 Å². The first-order valence-corrected chi connectivity index (χ1v) is 4.64. The molecule has 1 fully saturated rings. The zero-order valence-electron chi connectivity index (χ0n) is 7.84. The quantitative estimate of drug-likeness (QED) is 0.637. The molecule has 12 heavy (non-hydrogen) atoms. The second-order valence-electron chi connectivity index (χ2n) is 3.52. The van der Waals surface area contributed by atoms with Gasteiger partial charge in [0.05, 0.1) is 0 Å². The maximum Gasteiger partial charge on any atom is 0.223 e. The lowest BCUT2D eigenvalue weighted by atomic mass is 9.94. The molecule has 68 valence electrons. The second kappa shape index (κ2) is 4.29. The second-order valence-corrected chi connectivity index (χ2v) is 3.52. The maximum absolute atomic E-state index is 11.2. The van der Waals surface area contributed by atoms with Crippen LogP contribution in [0.25, 0.3) is 0 Å². The van der Waals surface area contributed by atoms with Crippen LogP contribution in [0.3, 0.4) is 0 Å². The molecule has 2 heteroatoms. The van der Waals surface area contributed by atoms with Crippen molar-refractivity contribution in [2.24, 2.45) is 11.8 Å². The van der Waals surface area contributed by atoms with Gasteiger partial charge in [-0.05, 0) is 25.7 Å². The molecule has 1 heterocycles. The number of amides is 1. The first-order valence-electron chi connectivity index (χ1n) is 4.64. The highest BCUT2D eigenvalue weighted by atomic mass is 16.2. The highest BCUT2D eigenvalue weighted by molar-refractivity contribution is 5.80. The van der Waals surface area contributed by atoms with Crippen LogP contribution in [0, 0.1) is 11.8 Å². The van der Waals surface area contributed by atoms with E-state index in [0.717, 1.165) is 19.4 Å². The Labute approximate surface area is 74.0 Å². The third-order valence-corrected chi connectivity index (χ3v) is 2.34. The average molecular weight is 167 g/mol. The lowest BCUT2D eigenvalue weighted by Crippen LogP contribution is -2.20. The van der Waals surface area contributed by atoms with Crippen molar-refractivity contribution in [3.63, 3.8) is 0 Å². The predicted molar refractivity (Wildman–Crippen MR) is 49.7 cm³/mol. The molecule has 0 aromatic heterocycles. The monoisotopic (exact) mass is 167 g/mol. The molecule has 0 aromatic carbocycles. The SMILES string of the molecule is C/C=C/C(C)CC1CCNC1=O. The summed E-state index contributed by atoms with van der Waals surface area (Å²) in [5, 5.41) is 2.85. The Hall–Kier alpha value is -0.790. The van der Waals surface area contributed by atoms with Gasteiger partial charge < -0.3 is 5.32 Å². The third kappa shape index (κ3) is 2.36. The first-order chi connectivity index (χ1) is 5.74. The van der Waals surface area contributed by atoms with Crippen LogP contribution in [0.1, 0.15) is 26.7 Å². The minimum atomic E-state index is 0.242. The average Bonchev–Trinajstić information content (AvgIpc) is 2.37. The molecule has 1 N–H and O–H groups in total. The van der Waals surface area contributed by atoms with Gasteiger partial charge in [-0.25, -0.2) is 0 Å². The third-order valence-electron chi connectivity index (χ3n) is 2.34. The number of allylic oxidation sites excluding steroid dienone is 2. The number of hydrogen-bond acceptors (Lipinski definition) is 1. The van der Waals surface area contributed by atoms with E-state index >= 15 is 0 Å². The Balaban J connectivity index is 2.34. The van der Waals surface area contributed by atoms with Gasteiger partial charge in [-0.1, -0.05) is 19.1 Å². The van der Waals surface area contributed by atoms with Crippen molar-refractivity contribution in [3.8, 4) is 0 Å². The topological polar surface area (TPSA) is 29.1 Å². The van der Waals surface area contributed by atoms with Crippen LogP contribution in [0.2, 0.25) is 0 Å². The van der Waals surface area contributed by atoms with Crippen LogP contribution in [0.4, 0.5) is 0 Å². The van der Waals surface area contributed by atoms with Gasteiger partial charge in [0.25, 0.3) is 0 Å². The van der Waals surface area contributed by atoms with Crippen LogP contribution in [0.15, 0.2) is 12.2 Å². The lowest BCUT2D eigenvalue weighted by molar-refractivity contribution is -0.122. The fraction of sp³-hybridized carbons (Fsp3) is 0.700. The molecular weight excluding hydrogens is 150 g/mol. The van der Waals surface area contributed by atoms with E-state index in [1.54, 1.807) is 0 Å². The molecule has 1 aliphatic rings. The van der Waals surface area contributed by atoms with E-state index in [1.165, 1.54) is 0 Å². The van der Waals surface area contributed by atoms with Crippen molar-refractivity contribution in [2.75, 3.05) is 6.54 Å². The molecule has 1 rings (SSSR count). The van der Waals surface area contributed by atoms with Crippen molar-refractivity contribution >= 4 is 5.91 Å². The Morgan fingerprint density at radius 1 is 1.75 bits per heavy atom. The van der Waals surface area contributed by atoms with Gasteiger partial charge in [0.15, 0.2) is 0 Å². The van der Waals surface area contributed by atoms with Crippen molar-refractivity contribution in [1.29, 1.82) is 0 Å². The fourth-order valence-electron chi connectivity index (χ4n) is 1.73. The summed E-state index contributed by atoms with van der Waals surface area (Å²) in [5.74, 6) is 1.03. The lowest BCUT2D eigenvalue weighted by Gasteiger charge is -2.09. The standard InChI is InChI=1S/C10H17NO/c1-3-4-8(2)7-9-5-6-11-10(9)12/h3-4,8-9H,5-7H2,1-2H3,(H,11,12)/b4-3+. The molecule has 1 aliphatic heterocycles. The van der Waals surface area contributed by atoms with Gasteiger partial charge in [-0.15, -0.1) is 0 Å². The summed E-state index contributed by atoms with van der Waals surface area (Å²) >= 11 is 0. The summed E-state index contributed by atoms with van der Waals surface area (Å²) in [6.45, 7) is 5.04. The van der Waals surface area contributed by atoms with Gasteiger partial charge in [0.2, 0.25) is 5.91 Å². The summed E-state index contributed by atoms with van der Waals surface area (Å²) in [4.78, 5) is 11.2. The number of nitrogens with one attached hydrogen (secondary N) is 1. The molecular formula is C10H17NO. The first kappa shape index (κ1) is 9.30. The zero-order valence-corrected chi connectivity index (χ0v) is 7.84. The van der Waals surface area contributed by atoms with Crippen LogP contribution < -0.4 is 5.32 Å². The van der Waals surface area contributed by atoms with E-state index in [2.05, 4.69) is 24.4 Å². The Morgan fingerprint density at radius 3 is 3.00 bits per heavy atom. The summed E-state index contributed by atoms with van der Waals surface area (Å²) in [6, 6.07) is 0. The van der Waals surface area contributed by atoms with E-state index in [-0.39, 0.29) is 11.8 Å². The van der Waals surface area contributed by atoms with E-state index in [9.17, 15) is 4.79 Å². The van der Waals surface area contributed by atoms with Crippen molar-refractivity contribution in [1.82, 2.24) is 5.32 Å². The molecule has 2 nitrogen and oxygen atoms in total. The number of rotatable bonds is 3. The maximum atomic E-state index is 11.2. The van der Waals surface area contributed by atoms with Crippen molar-refractivity contribution in [2.45, 2.75) is 26.7 Å². The molecule has 0 aliphatic carbocycles.